The maximum atomic E-state index is 13.5. The molecule has 0 atom stereocenters. The van der Waals surface area contributed by atoms with Crippen molar-refractivity contribution in [2.75, 3.05) is 6.61 Å². The lowest BCUT2D eigenvalue weighted by Crippen LogP contribution is -2.33. The number of fused-ring (bicyclic) bond motifs is 2. The average molecular weight is 548 g/mol. The largest absolute Gasteiger partial charge is 0.462 e. The molecule has 0 N–H and O–H groups in total. The molecule has 1 amide bonds. The molecule has 0 spiro atoms. The Balaban J connectivity index is 2.39. The molecule has 3 heterocycles. The number of amides is 1. The zero-order valence-electron chi connectivity index (χ0n) is 23.2. The molecule has 3 rings (SSSR count). The number of unbranched alkanes of at least 4 members (excludes halogenated alkanes) is 2. The van der Waals surface area contributed by atoms with Crippen LogP contribution >= 0.6 is 0 Å². The Bertz CT molecular complexity index is 1680. The Morgan fingerprint density at radius 1 is 1.25 bits per heavy atom. The van der Waals surface area contributed by atoms with Gasteiger partial charge in [-0.2, -0.15) is 4.99 Å². The van der Waals surface area contributed by atoms with Gasteiger partial charge in [-0.15, -0.1) is 0 Å². The zero-order chi connectivity index (χ0) is 29.4. The van der Waals surface area contributed by atoms with Gasteiger partial charge in [-0.25, -0.2) is 9.78 Å². The minimum Gasteiger partial charge on any atom is -0.462 e. The minimum atomic E-state index is -0.749. The third-order valence-corrected chi connectivity index (χ3v) is 6.26. The molecule has 0 bridgehead atoms. The van der Waals surface area contributed by atoms with E-state index in [2.05, 4.69) is 11.6 Å². The first-order valence-corrected chi connectivity index (χ1v) is 13.1. The van der Waals surface area contributed by atoms with Crippen molar-refractivity contribution in [1.82, 2.24) is 14.0 Å². The van der Waals surface area contributed by atoms with E-state index in [1.165, 1.54) is 35.6 Å². The fraction of sp³-hybridized carbons (Fsp3) is 0.345. The second kappa shape index (κ2) is 13.4. The van der Waals surface area contributed by atoms with Gasteiger partial charge in [0.25, 0.3) is 17.2 Å². The topological polar surface area (TPSA) is 138 Å². The van der Waals surface area contributed by atoms with E-state index >= 15 is 0 Å². The van der Waals surface area contributed by atoms with E-state index in [1.807, 2.05) is 19.9 Å². The molecule has 0 saturated heterocycles. The van der Waals surface area contributed by atoms with E-state index in [4.69, 9.17) is 9.72 Å². The van der Waals surface area contributed by atoms with Gasteiger partial charge in [0.15, 0.2) is 5.49 Å². The number of nitro groups is 1. The lowest BCUT2D eigenvalue weighted by molar-refractivity contribution is -0.420. The zero-order valence-corrected chi connectivity index (χ0v) is 23.2. The van der Waals surface area contributed by atoms with E-state index in [9.17, 15) is 24.5 Å². The van der Waals surface area contributed by atoms with Crippen molar-refractivity contribution in [2.45, 2.75) is 59.9 Å². The SMILES string of the molecule is C=C/C=C\C(=C(\C)CC(=O)N=c1c(C(=O)OCC)cc2c(=O)n3cccc(C)c3nc2n1CCCCC)[N+](=O)[O-]. The van der Waals surface area contributed by atoms with Crippen molar-refractivity contribution >= 4 is 28.6 Å². The highest BCUT2D eigenvalue weighted by atomic mass is 16.6. The van der Waals surface area contributed by atoms with E-state index in [1.54, 1.807) is 23.8 Å². The lowest BCUT2D eigenvalue weighted by Gasteiger charge is -2.15. The van der Waals surface area contributed by atoms with Crippen LogP contribution in [0.25, 0.3) is 16.7 Å². The Morgan fingerprint density at radius 2 is 2.00 bits per heavy atom. The Morgan fingerprint density at radius 3 is 2.65 bits per heavy atom. The first-order valence-electron chi connectivity index (χ1n) is 13.1. The molecule has 210 valence electrons. The summed E-state index contributed by atoms with van der Waals surface area (Å²) in [5, 5.41) is 11.7. The number of rotatable bonds is 11. The van der Waals surface area contributed by atoms with Gasteiger partial charge in [-0.1, -0.05) is 44.6 Å². The molecule has 3 aromatic heterocycles. The van der Waals surface area contributed by atoms with Crippen LogP contribution in [0.15, 0.2) is 70.3 Å². The summed E-state index contributed by atoms with van der Waals surface area (Å²) in [6, 6.07) is 4.93. The van der Waals surface area contributed by atoms with E-state index in [-0.39, 0.29) is 51.9 Å². The first-order chi connectivity index (χ1) is 19.1. The van der Waals surface area contributed by atoms with Crippen molar-refractivity contribution in [3.8, 4) is 0 Å². The van der Waals surface area contributed by atoms with Crippen LogP contribution in [0.5, 0.6) is 0 Å². The summed E-state index contributed by atoms with van der Waals surface area (Å²) >= 11 is 0. The smallest absolute Gasteiger partial charge is 0.341 e. The number of pyridine rings is 2. The van der Waals surface area contributed by atoms with Crippen LogP contribution in [0.1, 0.15) is 62.4 Å². The Kier molecular flexibility index (Phi) is 10.0. The Labute approximate surface area is 231 Å². The van der Waals surface area contributed by atoms with Gasteiger partial charge in [0.1, 0.15) is 16.9 Å². The van der Waals surface area contributed by atoms with Crippen molar-refractivity contribution in [1.29, 1.82) is 0 Å². The molecule has 0 aliphatic carbocycles. The average Bonchev–Trinajstić information content (AvgIpc) is 2.90. The van der Waals surface area contributed by atoms with Crippen LogP contribution in [-0.4, -0.2) is 37.4 Å². The molecule has 0 saturated carbocycles. The van der Waals surface area contributed by atoms with Gasteiger partial charge < -0.3 is 9.30 Å². The molecule has 0 radical (unpaired) electrons. The number of hydrogen-bond acceptors (Lipinski definition) is 7. The summed E-state index contributed by atoms with van der Waals surface area (Å²) in [7, 11) is 0. The summed E-state index contributed by atoms with van der Waals surface area (Å²) in [5.41, 5.74) is 0.982. The van der Waals surface area contributed by atoms with Gasteiger partial charge in [-0.3, -0.25) is 24.1 Å². The summed E-state index contributed by atoms with van der Waals surface area (Å²) in [6.07, 6.45) is 7.73. The molecule has 0 aliphatic heterocycles. The standard InChI is InChI=1S/C29H33N5O6/c1-6-9-11-15-32-26-21(28(36)33-16-12-13-19(4)25(33)31-26)18-22(29(37)40-8-3)27(32)30-24(35)17-20(5)23(34(38)39)14-10-7-2/h7,10,12-14,16,18H,2,6,8-9,11,15,17H2,1,3-5H3/b14-10-,23-20+,30-27?. The quantitative estimate of drug-likeness (QED) is 0.0864. The molecular formula is C29H33N5O6. The third kappa shape index (κ3) is 6.48. The Hall–Kier alpha value is -4.67. The van der Waals surface area contributed by atoms with Gasteiger partial charge in [0.2, 0.25) is 0 Å². The molecule has 11 nitrogen and oxygen atoms in total. The van der Waals surface area contributed by atoms with Crippen LogP contribution in [0.4, 0.5) is 0 Å². The summed E-state index contributed by atoms with van der Waals surface area (Å²) in [6.45, 7) is 10.9. The molecular weight excluding hydrogens is 514 g/mol. The van der Waals surface area contributed by atoms with Crippen LogP contribution in [0.3, 0.4) is 0 Å². The number of carbonyl (C=O) groups excluding carboxylic acids is 2. The van der Waals surface area contributed by atoms with Crippen molar-refractivity contribution in [2.24, 2.45) is 4.99 Å². The number of aromatic nitrogens is 3. The van der Waals surface area contributed by atoms with Crippen LogP contribution in [-0.2, 0) is 16.1 Å². The van der Waals surface area contributed by atoms with Gasteiger partial charge in [0.05, 0.1) is 23.3 Å². The normalized spacial score (nSPS) is 12.7. The number of carbonyl (C=O) groups is 2. The molecule has 40 heavy (non-hydrogen) atoms. The van der Waals surface area contributed by atoms with E-state index in [0.717, 1.165) is 18.4 Å². The van der Waals surface area contributed by atoms with E-state index in [0.29, 0.717) is 18.6 Å². The maximum absolute atomic E-state index is 13.5. The van der Waals surface area contributed by atoms with E-state index < -0.39 is 16.8 Å². The minimum absolute atomic E-state index is 0.00558. The van der Waals surface area contributed by atoms with Gasteiger partial charge in [-0.05, 0) is 44.9 Å². The van der Waals surface area contributed by atoms with Crippen molar-refractivity contribution < 1.29 is 19.2 Å². The molecule has 11 heteroatoms. The number of aryl methyl sites for hydroxylation is 2. The lowest BCUT2D eigenvalue weighted by atomic mass is 10.1. The predicted octanol–water partition coefficient (Wildman–Crippen LogP) is 4.43. The van der Waals surface area contributed by atoms with Crippen molar-refractivity contribution in [3.63, 3.8) is 0 Å². The molecule has 0 unspecified atom stereocenters. The second-order valence-corrected chi connectivity index (χ2v) is 9.20. The number of esters is 1. The highest BCUT2D eigenvalue weighted by Gasteiger charge is 2.21. The molecule has 3 aromatic rings. The van der Waals surface area contributed by atoms with Gasteiger partial charge in [0, 0.05) is 24.4 Å². The highest BCUT2D eigenvalue weighted by molar-refractivity contribution is 5.94. The summed E-state index contributed by atoms with van der Waals surface area (Å²) < 4.78 is 8.27. The second-order valence-electron chi connectivity index (χ2n) is 9.20. The maximum Gasteiger partial charge on any atom is 0.341 e. The van der Waals surface area contributed by atoms with Crippen LogP contribution in [0.2, 0.25) is 0 Å². The number of hydrogen-bond donors (Lipinski definition) is 0. The number of nitrogens with zero attached hydrogens (tertiary/aromatic N) is 5. The molecule has 0 fully saturated rings. The molecule has 0 aliphatic rings. The van der Waals surface area contributed by atoms with Crippen LogP contribution in [0, 0.1) is 17.0 Å². The fourth-order valence-electron chi connectivity index (χ4n) is 4.29. The monoisotopic (exact) mass is 547 g/mol. The van der Waals surface area contributed by atoms with Crippen LogP contribution < -0.4 is 11.0 Å². The molecule has 0 aromatic carbocycles. The summed E-state index contributed by atoms with van der Waals surface area (Å²) in [5.74, 6) is -1.45. The van der Waals surface area contributed by atoms with Crippen molar-refractivity contribution in [3.05, 3.63) is 97.6 Å². The first kappa shape index (κ1) is 29.9. The highest BCUT2D eigenvalue weighted by Crippen LogP contribution is 2.16. The predicted molar refractivity (Wildman–Crippen MR) is 151 cm³/mol. The van der Waals surface area contributed by atoms with Gasteiger partial charge >= 0.3 is 5.97 Å². The fourth-order valence-corrected chi connectivity index (χ4v) is 4.29. The summed E-state index contributed by atoms with van der Waals surface area (Å²) in [4.78, 5) is 59.8. The third-order valence-electron chi connectivity index (χ3n) is 6.26. The number of allylic oxidation sites excluding steroid dienone is 3. The number of ether oxygens (including phenoxy) is 1.